The van der Waals surface area contributed by atoms with Gasteiger partial charge in [0, 0.05) is 0 Å². The molecule has 9 heavy (non-hydrogen) atoms. The largest absolute Gasteiger partial charge is 0.510 e. The van der Waals surface area contributed by atoms with Crippen molar-refractivity contribution in [1.29, 1.82) is 0 Å². The fourth-order valence-electron chi connectivity index (χ4n) is 0.289. The molecule has 1 amide bonds. The lowest BCUT2D eigenvalue weighted by Crippen LogP contribution is -2.13. The number of primary amides is 1. The molecule has 0 aliphatic carbocycles. The summed E-state index contributed by atoms with van der Waals surface area (Å²) in [6.45, 7) is 1.15. The van der Waals surface area contributed by atoms with Crippen molar-refractivity contribution in [2.45, 2.75) is 6.92 Å². The average Bonchev–Trinajstić information content (AvgIpc) is 1.64. The lowest BCUT2D eigenvalue weighted by atomic mass is 10.4. The summed E-state index contributed by atoms with van der Waals surface area (Å²) >= 11 is 0. The summed E-state index contributed by atoms with van der Waals surface area (Å²) in [6, 6.07) is 0. The number of nitrogens with two attached hydrogens (primary N) is 1. The maximum absolute atomic E-state index is 10.1. The molecule has 0 aliphatic rings. The smallest absolute Gasteiger partial charge is 0.274 e. The minimum atomic E-state index is -1.02. The number of amides is 1. The summed E-state index contributed by atoms with van der Waals surface area (Å²) < 4.78 is 0. The van der Waals surface area contributed by atoms with E-state index in [1.165, 1.54) is 0 Å². The van der Waals surface area contributed by atoms with E-state index in [9.17, 15) is 9.70 Å². The standard InChI is InChI=1S/C4H6N2O3/c1-2(7)3(6-9)4(5)8/h7H,1H3,(H2,5,8)/b3-2-. The van der Waals surface area contributed by atoms with E-state index in [1.54, 1.807) is 0 Å². The van der Waals surface area contributed by atoms with Crippen molar-refractivity contribution in [3.63, 3.8) is 0 Å². The van der Waals surface area contributed by atoms with Gasteiger partial charge in [-0.25, -0.2) is 0 Å². The van der Waals surface area contributed by atoms with Gasteiger partial charge in [-0.3, -0.25) is 4.79 Å². The second-order valence-corrected chi connectivity index (χ2v) is 1.39. The predicted molar refractivity (Wildman–Crippen MR) is 30.3 cm³/mol. The van der Waals surface area contributed by atoms with E-state index in [0.717, 1.165) is 6.92 Å². The van der Waals surface area contributed by atoms with E-state index in [4.69, 9.17) is 5.11 Å². The Balaban J connectivity index is 4.55. The van der Waals surface area contributed by atoms with Crippen molar-refractivity contribution in [2.75, 3.05) is 0 Å². The average molecular weight is 130 g/mol. The fraction of sp³-hybridized carbons (Fsp3) is 0.250. The Labute approximate surface area is 51.1 Å². The first-order valence-electron chi connectivity index (χ1n) is 2.12. The van der Waals surface area contributed by atoms with Crippen LogP contribution in [0, 0.1) is 4.91 Å². The number of aliphatic hydroxyl groups excluding tert-OH is 1. The van der Waals surface area contributed by atoms with Gasteiger partial charge in [-0.1, -0.05) is 0 Å². The number of allylic oxidation sites excluding steroid dienone is 1. The van der Waals surface area contributed by atoms with Gasteiger partial charge in [0.05, 0.1) is 0 Å². The molecule has 5 nitrogen and oxygen atoms in total. The Morgan fingerprint density at radius 1 is 1.67 bits per heavy atom. The van der Waals surface area contributed by atoms with Gasteiger partial charge in [0.25, 0.3) is 5.91 Å². The third-order valence-electron chi connectivity index (χ3n) is 0.667. The molecule has 0 spiro atoms. The molecule has 3 N–H and O–H groups in total. The van der Waals surface area contributed by atoms with E-state index in [1.807, 2.05) is 0 Å². The van der Waals surface area contributed by atoms with Crippen LogP contribution in [0.4, 0.5) is 0 Å². The number of aliphatic hydroxyl groups is 1. The monoisotopic (exact) mass is 130 g/mol. The van der Waals surface area contributed by atoms with Gasteiger partial charge < -0.3 is 10.8 Å². The van der Waals surface area contributed by atoms with E-state index < -0.39 is 17.4 Å². The summed E-state index contributed by atoms with van der Waals surface area (Å²) in [5.41, 5.74) is 3.97. The molecule has 0 aromatic heterocycles. The molecule has 0 aromatic rings. The molecule has 0 unspecified atom stereocenters. The third-order valence-corrected chi connectivity index (χ3v) is 0.667. The first kappa shape index (κ1) is 7.61. The van der Waals surface area contributed by atoms with Gasteiger partial charge in [-0.2, -0.15) is 0 Å². The summed E-state index contributed by atoms with van der Waals surface area (Å²) in [5.74, 6) is -1.48. The first-order chi connectivity index (χ1) is 4.09. The van der Waals surface area contributed by atoms with Gasteiger partial charge in [0.2, 0.25) is 5.70 Å². The van der Waals surface area contributed by atoms with Crippen LogP contribution in [-0.2, 0) is 4.79 Å². The molecule has 0 fully saturated rings. The summed E-state index contributed by atoms with van der Waals surface area (Å²) in [6.07, 6.45) is 0. The number of rotatable bonds is 2. The topological polar surface area (TPSA) is 92.8 Å². The molecule has 0 saturated carbocycles. The molecule has 0 aromatic carbocycles. The molecule has 0 radical (unpaired) electrons. The van der Waals surface area contributed by atoms with Gasteiger partial charge in [0.1, 0.15) is 5.76 Å². The van der Waals surface area contributed by atoms with Gasteiger partial charge >= 0.3 is 0 Å². The molecule has 5 heteroatoms. The second kappa shape index (κ2) is 2.81. The van der Waals surface area contributed by atoms with Crippen LogP contribution in [0.3, 0.4) is 0 Å². The number of carbonyl (C=O) groups is 1. The zero-order chi connectivity index (χ0) is 7.44. The molecule has 0 atom stereocenters. The van der Waals surface area contributed by atoms with Gasteiger partial charge in [-0.05, 0) is 12.1 Å². The van der Waals surface area contributed by atoms with E-state index >= 15 is 0 Å². The second-order valence-electron chi connectivity index (χ2n) is 1.39. The molecule has 0 saturated heterocycles. The van der Waals surface area contributed by atoms with Crippen molar-refractivity contribution in [3.8, 4) is 0 Å². The van der Waals surface area contributed by atoms with Crippen LogP contribution in [0.5, 0.6) is 0 Å². The Bertz CT molecular complexity index is 169. The van der Waals surface area contributed by atoms with E-state index in [-0.39, 0.29) is 0 Å². The summed E-state index contributed by atoms with van der Waals surface area (Å²) in [7, 11) is 0. The quantitative estimate of drug-likeness (QED) is 0.313. The lowest BCUT2D eigenvalue weighted by molar-refractivity contribution is -0.114. The third kappa shape index (κ3) is 1.89. The Hall–Kier alpha value is -1.39. The lowest BCUT2D eigenvalue weighted by Gasteiger charge is -1.89. The Morgan fingerprint density at radius 2 is 2.11 bits per heavy atom. The SMILES string of the molecule is C/C(O)=C(/N=O)C(N)=O. The van der Waals surface area contributed by atoms with Crippen molar-refractivity contribution < 1.29 is 9.90 Å². The molecule has 0 heterocycles. The minimum absolute atomic E-state index is 0.461. The van der Waals surface area contributed by atoms with Crippen molar-refractivity contribution in [2.24, 2.45) is 10.9 Å². The van der Waals surface area contributed by atoms with Crippen LogP contribution >= 0.6 is 0 Å². The highest BCUT2D eigenvalue weighted by molar-refractivity contribution is 5.91. The predicted octanol–water partition coefficient (Wildman–Crippen LogP) is 0.0276. The first-order valence-corrected chi connectivity index (χ1v) is 2.12. The summed E-state index contributed by atoms with van der Waals surface area (Å²) in [4.78, 5) is 19.7. The molecular formula is C4H6N2O3. The molecule has 0 rings (SSSR count). The Morgan fingerprint density at radius 3 is 2.11 bits per heavy atom. The van der Waals surface area contributed by atoms with Crippen LogP contribution in [0.15, 0.2) is 16.6 Å². The molecule has 0 bridgehead atoms. The molecular weight excluding hydrogens is 124 g/mol. The molecule has 0 aliphatic heterocycles. The van der Waals surface area contributed by atoms with Crippen LogP contribution < -0.4 is 5.73 Å². The van der Waals surface area contributed by atoms with Gasteiger partial charge in [-0.15, -0.1) is 4.91 Å². The minimum Gasteiger partial charge on any atom is -0.510 e. The summed E-state index contributed by atoms with van der Waals surface area (Å²) in [5, 5.41) is 10.7. The highest BCUT2D eigenvalue weighted by atomic mass is 16.3. The highest BCUT2D eigenvalue weighted by Gasteiger charge is 2.07. The maximum atomic E-state index is 10.1. The zero-order valence-electron chi connectivity index (χ0n) is 4.79. The number of carbonyl (C=O) groups excluding carboxylic acids is 1. The van der Waals surface area contributed by atoms with Crippen LogP contribution in [0.1, 0.15) is 6.92 Å². The van der Waals surface area contributed by atoms with Crippen LogP contribution in [0.25, 0.3) is 0 Å². The van der Waals surface area contributed by atoms with Crippen molar-refractivity contribution >= 4 is 5.91 Å². The highest BCUT2D eigenvalue weighted by Crippen LogP contribution is 1.99. The Kier molecular flexibility index (Phi) is 2.37. The van der Waals surface area contributed by atoms with Gasteiger partial charge in [0.15, 0.2) is 0 Å². The normalized spacial score (nSPS) is 12.1. The number of hydrogen-bond acceptors (Lipinski definition) is 4. The maximum Gasteiger partial charge on any atom is 0.274 e. The number of hydrogen-bond donors (Lipinski definition) is 2. The van der Waals surface area contributed by atoms with E-state index in [0.29, 0.717) is 0 Å². The number of nitrogens with zero attached hydrogens (tertiary/aromatic N) is 1. The zero-order valence-corrected chi connectivity index (χ0v) is 4.79. The number of nitroso groups, excluding NO2 is 1. The fourth-order valence-corrected chi connectivity index (χ4v) is 0.289. The van der Waals surface area contributed by atoms with Crippen LogP contribution in [-0.4, -0.2) is 11.0 Å². The van der Waals surface area contributed by atoms with E-state index in [2.05, 4.69) is 10.9 Å². The van der Waals surface area contributed by atoms with Crippen LogP contribution in [0.2, 0.25) is 0 Å². The molecule has 50 valence electrons. The van der Waals surface area contributed by atoms with Crippen molar-refractivity contribution in [3.05, 3.63) is 16.4 Å². The van der Waals surface area contributed by atoms with Crippen molar-refractivity contribution in [1.82, 2.24) is 0 Å².